The Labute approximate surface area is 175 Å². The van der Waals surface area contributed by atoms with Crippen LogP contribution in [0, 0.1) is 29.0 Å². The summed E-state index contributed by atoms with van der Waals surface area (Å²) in [6.07, 6.45) is 6.78. The second kappa shape index (κ2) is 8.36. The van der Waals surface area contributed by atoms with Crippen molar-refractivity contribution in [2.45, 2.75) is 58.0 Å². The zero-order valence-corrected chi connectivity index (χ0v) is 17.3. The van der Waals surface area contributed by atoms with Crippen LogP contribution in [0.4, 0.5) is 10.1 Å². The average Bonchev–Trinajstić information content (AvgIpc) is 2.65. The van der Waals surface area contributed by atoms with E-state index >= 15 is 0 Å². The summed E-state index contributed by atoms with van der Waals surface area (Å²) in [5.41, 5.74) is 0.396. The van der Waals surface area contributed by atoms with E-state index in [1.807, 2.05) is 0 Å². The lowest BCUT2D eigenvalue weighted by atomic mass is 9.49. The van der Waals surface area contributed by atoms with E-state index in [1.165, 1.54) is 44.4 Å². The molecule has 4 saturated carbocycles. The zero-order valence-electron chi connectivity index (χ0n) is 17.3. The summed E-state index contributed by atoms with van der Waals surface area (Å²) in [5.74, 6) is 0.485. The summed E-state index contributed by atoms with van der Waals surface area (Å²) in [6, 6.07) is 5.46. The van der Waals surface area contributed by atoms with E-state index in [9.17, 15) is 18.8 Å². The van der Waals surface area contributed by atoms with Gasteiger partial charge in [-0.25, -0.2) is 4.39 Å². The smallest absolute Gasteiger partial charge is 0.326 e. The molecule has 30 heavy (non-hydrogen) atoms. The van der Waals surface area contributed by atoms with E-state index in [4.69, 9.17) is 4.74 Å². The first-order valence-corrected chi connectivity index (χ1v) is 10.8. The highest BCUT2D eigenvalue weighted by atomic mass is 19.1. The lowest BCUT2D eigenvalue weighted by Crippen LogP contribution is -2.48. The van der Waals surface area contributed by atoms with Crippen molar-refractivity contribution in [2.24, 2.45) is 23.2 Å². The number of esters is 1. The van der Waals surface area contributed by atoms with E-state index in [2.05, 4.69) is 10.6 Å². The lowest BCUT2D eigenvalue weighted by molar-refractivity contribution is -0.153. The third kappa shape index (κ3) is 4.82. The molecule has 1 aromatic rings. The lowest BCUT2D eigenvalue weighted by Gasteiger charge is -2.56. The summed E-state index contributed by atoms with van der Waals surface area (Å²) >= 11 is 0. The van der Waals surface area contributed by atoms with Crippen molar-refractivity contribution in [3.63, 3.8) is 0 Å². The second-order valence-corrected chi connectivity index (χ2v) is 9.50. The average molecular weight is 416 g/mol. The molecule has 1 atom stereocenters. The van der Waals surface area contributed by atoms with Crippen LogP contribution in [0.5, 0.6) is 0 Å². The third-order valence-electron chi connectivity index (χ3n) is 6.90. The number of benzene rings is 1. The predicted octanol–water partition coefficient (Wildman–Crippen LogP) is 3.42. The monoisotopic (exact) mass is 416 g/mol. The van der Waals surface area contributed by atoms with Gasteiger partial charge in [0, 0.05) is 12.1 Å². The quantitative estimate of drug-likeness (QED) is 0.667. The van der Waals surface area contributed by atoms with E-state index in [0.717, 1.165) is 37.0 Å². The van der Waals surface area contributed by atoms with Gasteiger partial charge in [0.25, 0.3) is 5.91 Å². The van der Waals surface area contributed by atoms with Gasteiger partial charge >= 0.3 is 5.97 Å². The summed E-state index contributed by atoms with van der Waals surface area (Å²) in [5, 5.41) is 5.16. The van der Waals surface area contributed by atoms with Crippen molar-refractivity contribution in [1.82, 2.24) is 5.32 Å². The number of rotatable bonds is 7. The standard InChI is InChI=1S/C23H29FN2O4/c1-14(22(29)26-19-4-2-3-18(24)8-19)30-21(28)13-25-20(27)12-23-9-15-5-16(10-23)7-17(6-15)11-23/h2-4,8,14-17H,5-7,9-13H2,1H3,(H,25,27)(H,26,29)/t14-,15?,16?,17?,23?/m1/s1. The van der Waals surface area contributed by atoms with Crippen LogP contribution in [0.2, 0.25) is 0 Å². The molecule has 0 heterocycles. The fourth-order valence-electron chi connectivity index (χ4n) is 6.18. The van der Waals surface area contributed by atoms with Gasteiger partial charge in [-0.15, -0.1) is 0 Å². The van der Waals surface area contributed by atoms with Crippen LogP contribution >= 0.6 is 0 Å². The Balaban J connectivity index is 1.21. The molecule has 6 nitrogen and oxygen atoms in total. The van der Waals surface area contributed by atoms with Gasteiger partial charge in [-0.05, 0) is 86.8 Å². The molecule has 0 saturated heterocycles. The molecule has 0 aromatic heterocycles. The topological polar surface area (TPSA) is 84.5 Å². The van der Waals surface area contributed by atoms with Crippen molar-refractivity contribution in [1.29, 1.82) is 0 Å². The largest absolute Gasteiger partial charge is 0.451 e. The number of amides is 2. The minimum atomic E-state index is -1.05. The van der Waals surface area contributed by atoms with Gasteiger partial charge < -0.3 is 15.4 Å². The summed E-state index contributed by atoms with van der Waals surface area (Å²) < 4.78 is 18.3. The van der Waals surface area contributed by atoms with Crippen LogP contribution in [0.3, 0.4) is 0 Å². The number of carbonyl (C=O) groups excluding carboxylic acids is 3. The highest BCUT2D eigenvalue weighted by Gasteiger charge is 2.51. The molecular formula is C23H29FN2O4. The maximum atomic E-state index is 13.2. The van der Waals surface area contributed by atoms with Crippen LogP contribution in [0.15, 0.2) is 24.3 Å². The Kier molecular flexibility index (Phi) is 5.80. The van der Waals surface area contributed by atoms with E-state index in [1.54, 1.807) is 6.07 Å². The maximum absolute atomic E-state index is 13.2. The fourth-order valence-corrected chi connectivity index (χ4v) is 6.18. The highest BCUT2D eigenvalue weighted by molar-refractivity contribution is 5.95. The molecule has 0 aliphatic heterocycles. The minimum Gasteiger partial charge on any atom is -0.451 e. The Bertz CT molecular complexity index is 805. The van der Waals surface area contributed by atoms with Gasteiger partial charge in [0.1, 0.15) is 12.4 Å². The van der Waals surface area contributed by atoms with Gasteiger partial charge in [0.05, 0.1) is 0 Å². The van der Waals surface area contributed by atoms with Crippen molar-refractivity contribution in [3.05, 3.63) is 30.1 Å². The summed E-state index contributed by atoms with van der Waals surface area (Å²) in [7, 11) is 0. The molecule has 4 aliphatic rings. The van der Waals surface area contributed by atoms with Crippen molar-refractivity contribution < 1.29 is 23.5 Å². The SMILES string of the molecule is C[C@@H](OC(=O)CNC(=O)CC12CC3CC(CC(C3)C1)C2)C(=O)Nc1cccc(F)c1. The van der Waals surface area contributed by atoms with Crippen molar-refractivity contribution in [2.75, 3.05) is 11.9 Å². The normalized spacial score (nSPS) is 29.9. The first-order valence-electron chi connectivity index (χ1n) is 10.8. The number of carbonyl (C=O) groups is 3. The predicted molar refractivity (Wildman–Crippen MR) is 109 cm³/mol. The van der Waals surface area contributed by atoms with Gasteiger partial charge in [-0.2, -0.15) is 0 Å². The molecule has 162 valence electrons. The van der Waals surface area contributed by atoms with Crippen LogP contribution < -0.4 is 10.6 Å². The third-order valence-corrected chi connectivity index (χ3v) is 6.90. The molecule has 7 heteroatoms. The van der Waals surface area contributed by atoms with Gasteiger partial charge in [-0.3, -0.25) is 14.4 Å². The van der Waals surface area contributed by atoms with E-state index < -0.39 is 23.8 Å². The molecule has 4 fully saturated rings. The molecular weight excluding hydrogens is 387 g/mol. The molecule has 5 rings (SSSR count). The molecule has 4 aliphatic carbocycles. The summed E-state index contributed by atoms with van der Waals surface area (Å²) in [4.78, 5) is 36.7. The minimum absolute atomic E-state index is 0.112. The van der Waals surface area contributed by atoms with Crippen LogP contribution in [-0.2, 0) is 19.1 Å². The molecule has 2 N–H and O–H groups in total. The molecule has 1 aromatic carbocycles. The van der Waals surface area contributed by atoms with Crippen molar-refractivity contribution >= 4 is 23.5 Å². The fraction of sp³-hybridized carbons (Fsp3) is 0.609. The Morgan fingerprint density at radius 2 is 1.77 bits per heavy atom. The highest BCUT2D eigenvalue weighted by Crippen LogP contribution is 2.61. The molecule has 0 spiro atoms. The van der Waals surface area contributed by atoms with Crippen molar-refractivity contribution in [3.8, 4) is 0 Å². The molecule has 4 bridgehead atoms. The van der Waals surface area contributed by atoms with Gasteiger partial charge in [0.15, 0.2) is 6.10 Å². The number of hydrogen-bond acceptors (Lipinski definition) is 4. The molecule has 0 radical (unpaired) electrons. The Morgan fingerprint density at radius 3 is 2.37 bits per heavy atom. The molecule has 2 amide bonds. The van der Waals surface area contributed by atoms with Crippen LogP contribution in [0.25, 0.3) is 0 Å². The number of hydrogen-bond donors (Lipinski definition) is 2. The van der Waals surface area contributed by atoms with Gasteiger partial charge in [0.2, 0.25) is 5.91 Å². The van der Waals surface area contributed by atoms with E-state index in [-0.39, 0.29) is 23.6 Å². The Hall–Kier alpha value is -2.44. The maximum Gasteiger partial charge on any atom is 0.326 e. The van der Waals surface area contributed by atoms with Crippen LogP contribution in [-0.4, -0.2) is 30.4 Å². The van der Waals surface area contributed by atoms with Crippen LogP contribution in [0.1, 0.15) is 51.9 Å². The number of anilines is 1. The summed E-state index contributed by atoms with van der Waals surface area (Å²) in [6.45, 7) is 1.17. The second-order valence-electron chi connectivity index (χ2n) is 9.50. The van der Waals surface area contributed by atoms with Gasteiger partial charge in [-0.1, -0.05) is 6.07 Å². The first-order chi connectivity index (χ1) is 14.3. The van der Waals surface area contributed by atoms with E-state index in [0.29, 0.717) is 6.42 Å². The number of nitrogens with one attached hydrogen (secondary N) is 2. The Morgan fingerprint density at radius 1 is 1.13 bits per heavy atom. The zero-order chi connectivity index (χ0) is 21.3. The first kappa shape index (κ1) is 20.8. The molecule has 0 unspecified atom stereocenters. The number of ether oxygens (including phenoxy) is 1. The number of halogens is 1.